The van der Waals surface area contributed by atoms with Crippen LogP contribution in [0.2, 0.25) is 0 Å². The first-order valence-corrected chi connectivity index (χ1v) is 14.6. The number of rotatable bonds is 9. The van der Waals surface area contributed by atoms with E-state index in [4.69, 9.17) is 4.98 Å². The van der Waals surface area contributed by atoms with Crippen molar-refractivity contribution < 1.29 is 14.3 Å². The van der Waals surface area contributed by atoms with Crippen molar-refractivity contribution in [2.75, 3.05) is 11.4 Å². The van der Waals surface area contributed by atoms with Gasteiger partial charge in [0.2, 0.25) is 6.41 Å². The molecule has 2 aromatic heterocycles. The molecule has 43 heavy (non-hydrogen) atoms. The number of carbonyl (C=O) groups excluding carboxylic acids is 1. The van der Waals surface area contributed by atoms with Gasteiger partial charge in [-0.3, -0.25) is 14.6 Å². The molecule has 2 aromatic carbocycles. The van der Waals surface area contributed by atoms with E-state index in [0.717, 1.165) is 52.9 Å². The quantitative estimate of drug-likeness (QED) is 0.282. The fourth-order valence-electron chi connectivity index (χ4n) is 5.93. The molecule has 1 saturated carbocycles. The standard InChI is InChI=1S/C33H34FN7O2/c1-20-10-23(16-40-9-8-31(43)21(40)2)12-29(34)28(20)17-41(19-42)32-14-25(13-30(37-32)24-5-6-24)26-7-4-22(15-35)11-27(26)33-38-36-18-39(33)3/h4,7,10-14,18-19,21,24,31,43H,5-6,8-9,16-17H2,1-3H3/t21-,31+/m1/s1. The van der Waals surface area contributed by atoms with Crippen molar-refractivity contribution in [2.45, 2.75) is 64.3 Å². The summed E-state index contributed by atoms with van der Waals surface area (Å²) in [5.41, 5.74) is 5.81. The molecule has 0 radical (unpaired) electrons. The Labute approximate surface area is 250 Å². The summed E-state index contributed by atoms with van der Waals surface area (Å²) in [5, 5.41) is 28.0. The Hall–Kier alpha value is -4.46. The summed E-state index contributed by atoms with van der Waals surface area (Å²) in [6.07, 6.45) is 4.69. The zero-order valence-corrected chi connectivity index (χ0v) is 24.5. The van der Waals surface area contributed by atoms with Crippen LogP contribution in [0.1, 0.15) is 60.1 Å². The lowest BCUT2D eigenvalue weighted by Gasteiger charge is -2.24. The van der Waals surface area contributed by atoms with Gasteiger partial charge in [-0.2, -0.15) is 5.26 Å². The monoisotopic (exact) mass is 579 g/mol. The average molecular weight is 580 g/mol. The van der Waals surface area contributed by atoms with Gasteiger partial charge in [0.1, 0.15) is 18.0 Å². The number of nitrogens with zero attached hydrogens (tertiary/aromatic N) is 7. The summed E-state index contributed by atoms with van der Waals surface area (Å²) >= 11 is 0. The van der Waals surface area contributed by atoms with Gasteiger partial charge in [-0.15, -0.1) is 10.2 Å². The van der Waals surface area contributed by atoms with Gasteiger partial charge in [-0.1, -0.05) is 12.1 Å². The fourth-order valence-corrected chi connectivity index (χ4v) is 5.93. The van der Waals surface area contributed by atoms with Crippen molar-refractivity contribution in [3.05, 3.63) is 82.6 Å². The highest BCUT2D eigenvalue weighted by Gasteiger charge is 2.30. The van der Waals surface area contributed by atoms with Crippen molar-refractivity contribution >= 4 is 12.2 Å². The summed E-state index contributed by atoms with van der Waals surface area (Å²) in [6.45, 7) is 5.20. The molecule has 2 fully saturated rings. The lowest BCUT2D eigenvalue weighted by Crippen LogP contribution is -2.31. The largest absolute Gasteiger partial charge is 0.391 e. The Morgan fingerprint density at radius 1 is 1.16 bits per heavy atom. The number of aliphatic hydroxyl groups excluding tert-OH is 1. The molecule has 3 heterocycles. The number of anilines is 1. The molecule has 10 heteroatoms. The van der Waals surface area contributed by atoms with Crippen LogP contribution in [-0.4, -0.2) is 54.9 Å². The van der Waals surface area contributed by atoms with E-state index in [1.807, 2.05) is 45.2 Å². The van der Waals surface area contributed by atoms with Crippen LogP contribution in [0.25, 0.3) is 22.5 Å². The molecule has 2 aliphatic rings. The van der Waals surface area contributed by atoms with Gasteiger partial charge in [0.05, 0.1) is 24.3 Å². The van der Waals surface area contributed by atoms with Crippen molar-refractivity contribution in [1.29, 1.82) is 5.26 Å². The smallest absolute Gasteiger partial charge is 0.215 e. The van der Waals surface area contributed by atoms with Gasteiger partial charge in [-0.05, 0) is 85.7 Å². The summed E-state index contributed by atoms with van der Waals surface area (Å²) < 4.78 is 17.4. The van der Waals surface area contributed by atoms with E-state index < -0.39 is 0 Å². The maximum Gasteiger partial charge on any atom is 0.215 e. The maximum absolute atomic E-state index is 15.6. The third-order valence-corrected chi connectivity index (χ3v) is 8.70. The number of hydrogen-bond donors (Lipinski definition) is 1. The van der Waals surface area contributed by atoms with Crippen LogP contribution >= 0.6 is 0 Å². The number of halogens is 1. The predicted octanol–water partition coefficient (Wildman–Crippen LogP) is 4.86. The highest BCUT2D eigenvalue weighted by molar-refractivity contribution is 5.84. The van der Waals surface area contributed by atoms with Gasteiger partial charge in [0.15, 0.2) is 5.82 Å². The van der Waals surface area contributed by atoms with Crippen LogP contribution in [0, 0.1) is 24.1 Å². The van der Waals surface area contributed by atoms with Gasteiger partial charge >= 0.3 is 0 Å². The Morgan fingerprint density at radius 3 is 2.60 bits per heavy atom. The third-order valence-electron chi connectivity index (χ3n) is 8.70. The number of aryl methyl sites for hydroxylation is 2. The zero-order valence-electron chi connectivity index (χ0n) is 24.5. The second kappa shape index (κ2) is 11.7. The maximum atomic E-state index is 15.6. The molecule has 2 atom stereocenters. The number of amides is 1. The molecule has 1 saturated heterocycles. The summed E-state index contributed by atoms with van der Waals surface area (Å²) in [4.78, 5) is 21.0. The molecule has 6 rings (SSSR count). The van der Waals surface area contributed by atoms with Crippen LogP contribution in [-0.2, 0) is 24.9 Å². The van der Waals surface area contributed by atoms with E-state index in [-0.39, 0.29) is 24.5 Å². The number of hydrogen-bond acceptors (Lipinski definition) is 7. The summed E-state index contributed by atoms with van der Waals surface area (Å²) in [5.74, 6) is 0.976. The highest BCUT2D eigenvalue weighted by atomic mass is 19.1. The van der Waals surface area contributed by atoms with Crippen LogP contribution < -0.4 is 4.90 Å². The van der Waals surface area contributed by atoms with E-state index in [9.17, 15) is 15.2 Å². The topological polar surface area (TPSA) is 111 Å². The Kier molecular flexibility index (Phi) is 7.77. The summed E-state index contributed by atoms with van der Waals surface area (Å²) in [7, 11) is 1.84. The lowest BCUT2D eigenvalue weighted by atomic mass is 9.96. The van der Waals surface area contributed by atoms with Crippen LogP contribution in [0.4, 0.5) is 10.2 Å². The predicted molar refractivity (Wildman–Crippen MR) is 160 cm³/mol. The molecular weight excluding hydrogens is 545 g/mol. The Bertz CT molecular complexity index is 1700. The van der Waals surface area contributed by atoms with Gasteiger partial charge in [-0.25, -0.2) is 9.37 Å². The zero-order chi connectivity index (χ0) is 30.2. The number of benzene rings is 2. The van der Waals surface area contributed by atoms with Crippen molar-refractivity contribution in [1.82, 2.24) is 24.6 Å². The van der Waals surface area contributed by atoms with Gasteiger partial charge in [0, 0.05) is 48.9 Å². The van der Waals surface area contributed by atoms with Crippen LogP contribution in [0.15, 0.2) is 48.8 Å². The number of nitriles is 1. The molecule has 1 N–H and O–H groups in total. The lowest BCUT2D eigenvalue weighted by molar-refractivity contribution is -0.107. The molecule has 1 aliphatic carbocycles. The van der Waals surface area contributed by atoms with E-state index in [2.05, 4.69) is 21.2 Å². The second-order valence-electron chi connectivity index (χ2n) is 11.7. The number of carbonyl (C=O) groups is 1. The average Bonchev–Trinajstić information content (AvgIpc) is 3.70. The van der Waals surface area contributed by atoms with Crippen LogP contribution in [0.3, 0.4) is 0 Å². The number of likely N-dealkylation sites (tertiary alicyclic amines) is 1. The minimum atomic E-state index is -0.371. The SMILES string of the molecule is Cc1cc(CN2CC[C@H](O)[C@H]2C)cc(F)c1CN(C=O)c1cc(-c2ccc(C#N)cc2-c2nncn2C)cc(C2CC2)n1. The van der Waals surface area contributed by atoms with E-state index in [1.165, 1.54) is 11.0 Å². The molecule has 0 unspecified atom stereocenters. The minimum Gasteiger partial charge on any atom is -0.391 e. The van der Waals surface area contributed by atoms with E-state index in [0.29, 0.717) is 48.1 Å². The van der Waals surface area contributed by atoms with E-state index in [1.54, 1.807) is 23.0 Å². The van der Waals surface area contributed by atoms with Crippen LogP contribution in [0.5, 0.6) is 0 Å². The molecule has 220 valence electrons. The first kappa shape index (κ1) is 28.6. The van der Waals surface area contributed by atoms with Gasteiger partial charge < -0.3 is 9.67 Å². The van der Waals surface area contributed by atoms with E-state index >= 15 is 4.39 Å². The highest BCUT2D eigenvalue weighted by Crippen LogP contribution is 2.42. The number of aliphatic hydroxyl groups is 1. The van der Waals surface area contributed by atoms with Gasteiger partial charge in [0.25, 0.3) is 0 Å². The molecule has 4 aromatic rings. The molecule has 1 aliphatic heterocycles. The number of aromatic nitrogens is 4. The summed E-state index contributed by atoms with van der Waals surface area (Å²) in [6, 6.07) is 15.0. The second-order valence-corrected chi connectivity index (χ2v) is 11.7. The van der Waals surface area contributed by atoms with Crippen molar-refractivity contribution in [2.24, 2.45) is 7.05 Å². The molecule has 9 nitrogen and oxygen atoms in total. The third kappa shape index (κ3) is 5.78. The normalized spacial score (nSPS) is 18.5. The van der Waals surface area contributed by atoms with Crippen molar-refractivity contribution in [3.8, 4) is 28.6 Å². The Balaban J connectivity index is 1.35. The molecule has 1 amide bonds. The minimum absolute atomic E-state index is 0.0258. The number of pyridine rings is 1. The molecule has 0 spiro atoms. The molecule has 0 bridgehead atoms. The first-order valence-electron chi connectivity index (χ1n) is 14.6. The van der Waals surface area contributed by atoms with Crippen molar-refractivity contribution in [3.63, 3.8) is 0 Å². The molecular formula is C33H34FN7O2. The Morgan fingerprint density at radius 2 is 1.98 bits per heavy atom. The fraction of sp³-hybridized carbons (Fsp3) is 0.364. The first-order chi connectivity index (χ1) is 20.7.